The molecule has 33 heavy (non-hydrogen) atoms. The third-order valence-corrected chi connectivity index (χ3v) is 5.02. The van der Waals surface area contributed by atoms with Crippen molar-refractivity contribution in [3.63, 3.8) is 0 Å². The Bertz CT molecular complexity index is 1080. The van der Waals surface area contributed by atoms with Crippen molar-refractivity contribution in [1.82, 2.24) is 4.90 Å². The highest BCUT2D eigenvalue weighted by atomic mass is 16.5. The minimum atomic E-state index is -0.569. The number of hydrogen-bond donors (Lipinski definition) is 1. The normalized spacial score (nSPS) is 10.7. The molecular weight excluding hydrogens is 416 g/mol. The Kier molecular flexibility index (Phi) is 8.65. The quantitative estimate of drug-likeness (QED) is 0.456. The second-order valence-corrected chi connectivity index (χ2v) is 7.48. The summed E-state index contributed by atoms with van der Waals surface area (Å²) >= 11 is 0. The Balaban J connectivity index is 1.72. The van der Waals surface area contributed by atoms with Crippen LogP contribution in [0.25, 0.3) is 6.08 Å². The summed E-state index contributed by atoms with van der Waals surface area (Å²) < 4.78 is 10.7. The van der Waals surface area contributed by atoms with Crippen LogP contribution in [-0.2, 0) is 22.6 Å². The summed E-state index contributed by atoms with van der Waals surface area (Å²) in [5.74, 6) is 0.216. The number of rotatable bonds is 11. The molecule has 3 aromatic carbocycles. The maximum absolute atomic E-state index is 13.1. The van der Waals surface area contributed by atoms with Crippen LogP contribution in [0.15, 0.2) is 84.9 Å². The van der Waals surface area contributed by atoms with Gasteiger partial charge in [0.05, 0.1) is 7.11 Å². The molecule has 3 aromatic rings. The van der Waals surface area contributed by atoms with Crippen molar-refractivity contribution in [3.8, 4) is 11.5 Å². The van der Waals surface area contributed by atoms with E-state index in [1.165, 1.54) is 12.7 Å². The lowest BCUT2D eigenvalue weighted by Crippen LogP contribution is -2.31. The summed E-state index contributed by atoms with van der Waals surface area (Å²) in [7, 11) is 1.51. The number of hydrogen-bond acceptors (Lipinski definition) is 4. The van der Waals surface area contributed by atoms with Crippen LogP contribution in [0.4, 0.5) is 0 Å². The second kappa shape index (κ2) is 12.1. The molecule has 6 nitrogen and oxygen atoms in total. The van der Waals surface area contributed by atoms with Crippen molar-refractivity contribution in [2.75, 3.05) is 20.3 Å². The van der Waals surface area contributed by atoms with E-state index in [-0.39, 0.29) is 12.5 Å². The van der Waals surface area contributed by atoms with Gasteiger partial charge in [-0.15, -0.1) is 0 Å². The average Bonchev–Trinajstić information content (AvgIpc) is 2.85. The first-order chi connectivity index (χ1) is 16.0. The van der Waals surface area contributed by atoms with Crippen molar-refractivity contribution in [2.45, 2.75) is 13.0 Å². The predicted molar refractivity (Wildman–Crippen MR) is 129 cm³/mol. The van der Waals surface area contributed by atoms with Crippen LogP contribution in [0.2, 0.25) is 0 Å². The van der Waals surface area contributed by atoms with Crippen molar-refractivity contribution in [3.05, 3.63) is 102 Å². The maximum atomic E-state index is 13.1. The number of ether oxygens (including phenoxy) is 2. The van der Waals surface area contributed by atoms with Crippen LogP contribution < -0.4 is 15.2 Å². The van der Waals surface area contributed by atoms with Gasteiger partial charge in [0.2, 0.25) is 5.91 Å². The van der Waals surface area contributed by atoms with E-state index in [2.05, 4.69) is 12.1 Å². The lowest BCUT2D eigenvalue weighted by molar-refractivity contribution is -0.126. The van der Waals surface area contributed by atoms with E-state index in [1.807, 2.05) is 53.4 Å². The van der Waals surface area contributed by atoms with E-state index in [1.54, 1.807) is 30.4 Å². The summed E-state index contributed by atoms with van der Waals surface area (Å²) in [6.07, 6.45) is 4.07. The zero-order valence-electron chi connectivity index (χ0n) is 18.6. The number of amides is 2. The summed E-state index contributed by atoms with van der Waals surface area (Å²) in [5, 5.41) is 0. The third-order valence-electron chi connectivity index (χ3n) is 5.02. The van der Waals surface area contributed by atoms with Crippen LogP contribution in [0.3, 0.4) is 0 Å². The SMILES string of the molecule is COc1cc(/C=C/C(=O)N(CCc2ccccc2)Cc2ccccc2)ccc1OCC(N)=O. The monoisotopic (exact) mass is 444 g/mol. The van der Waals surface area contributed by atoms with Gasteiger partial charge >= 0.3 is 0 Å². The van der Waals surface area contributed by atoms with Gasteiger partial charge in [-0.3, -0.25) is 9.59 Å². The molecule has 0 saturated heterocycles. The van der Waals surface area contributed by atoms with E-state index in [0.717, 1.165) is 17.5 Å². The fourth-order valence-electron chi connectivity index (χ4n) is 3.31. The Labute approximate surface area is 194 Å². The van der Waals surface area contributed by atoms with Gasteiger partial charge in [0, 0.05) is 19.2 Å². The lowest BCUT2D eigenvalue weighted by Gasteiger charge is -2.21. The highest BCUT2D eigenvalue weighted by molar-refractivity contribution is 5.91. The van der Waals surface area contributed by atoms with E-state index in [0.29, 0.717) is 24.6 Å². The molecule has 0 aliphatic heterocycles. The molecular formula is C27H28N2O4. The van der Waals surface area contributed by atoms with Gasteiger partial charge in [0.25, 0.3) is 5.91 Å². The molecule has 0 atom stereocenters. The number of benzene rings is 3. The topological polar surface area (TPSA) is 81.9 Å². The van der Waals surface area contributed by atoms with E-state index < -0.39 is 5.91 Å². The van der Waals surface area contributed by atoms with Crippen molar-refractivity contribution in [1.29, 1.82) is 0 Å². The summed E-state index contributed by atoms with van der Waals surface area (Å²) in [6, 6.07) is 25.3. The first-order valence-electron chi connectivity index (χ1n) is 10.7. The number of primary amides is 1. The molecule has 0 aliphatic carbocycles. The van der Waals surface area contributed by atoms with Gasteiger partial charge in [0.1, 0.15) is 0 Å². The maximum Gasteiger partial charge on any atom is 0.255 e. The van der Waals surface area contributed by atoms with Gasteiger partial charge in [0.15, 0.2) is 18.1 Å². The molecule has 0 unspecified atom stereocenters. The molecule has 0 saturated carbocycles. The van der Waals surface area contributed by atoms with Gasteiger partial charge in [-0.25, -0.2) is 0 Å². The molecule has 0 heterocycles. The minimum Gasteiger partial charge on any atom is -0.493 e. The van der Waals surface area contributed by atoms with E-state index in [9.17, 15) is 9.59 Å². The first-order valence-corrected chi connectivity index (χ1v) is 10.7. The number of carbonyl (C=O) groups is 2. The van der Waals surface area contributed by atoms with E-state index in [4.69, 9.17) is 15.2 Å². The molecule has 0 bridgehead atoms. The molecule has 2 N–H and O–H groups in total. The fourth-order valence-corrected chi connectivity index (χ4v) is 3.31. The highest BCUT2D eigenvalue weighted by Crippen LogP contribution is 2.28. The van der Waals surface area contributed by atoms with Gasteiger partial charge in [-0.2, -0.15) is 0 Å². The zero-order chi connectivity index (χ0) is 23.5. The van der Waals surface area contributed by atoms with Crippen molar-refractivity contribution < 1.29 is 19.1 Å². The first kappa shape index (κ1) is 23.6. The van der Waals surface area contributed by atoms with Crippen LogP contribution in [0.1, 0.15) is 16.7 Å². The number of carbonyl (C=O) groups excluding carboxylic acids is 2. The Morgan fingerprint density at radius 3 is 2.21 bits per heavy atom. The summed E-state index contributed by atoms with van der Waals surface area (Å²) in [5.41, 5.74) is 8.16. The Hall–Kier alpha value is -4.06. The van der Waals surface area contributed by atoms with Crippen molar-refractivity contribution >= 4 is 17.9 Å². The summed E-state index contributed by atoms with van der Waals surface area (Å²) in [4.78, 5) is 25.9. The molecule has 3 rings (SSSR count). The molecule has 0 radical (unpaired) electrons. The average molecular weight is 445 g/mol. The minimum absolute atomic E-state index is 0.0807. The molecule has 0 fully saturated rings. The molecule has 0 spiro atoms. The van der Waals surface area contributed by atoms with E-state index >= 15 is 0 Å². The number of methoxy groups -OCH3 is 1. The van der Waals surface area contributed by atoms with Crippen LogP contribution in [-0.4, -0.2) is 37.0 Å². The molecule has 2 amide bonds. The lowest BCUT2D eigenvalue weighted by atomic mass is 10.1. The largest absolute Gasteiger partial charge is 0.493 e. The van der Waals surface area contributed by atoms with Gasteiger partial charge < -0.3 is 20.1 Å². The van der Waals surface area contributed by atoms with Crippen LogP contribution >= 0.6 is 0 Å². The van der Waals surface area contributed by atoms with Crippen molar-refractivity contribution in [2.24, 2.45) is 5.73 Å². The number of nitrogens with zero attached hydrogens (tertiary/aromatic N) is 1. The molecule has 170 valence electrons. The fraction of sp³-hybridized carbons (Fsp3) is 0.185. The Morgan fingerprint density at radius 1 is 0.909 bits per heavy atom. The van der Waals surface area contributed by atoms with Crippen LogP contribution in [0.5, 0.6) is 11.5 Å². The standard InChI is InChI=1S/C27H28N2O4/c1-32-25-18-22(12-14-24(25)33-20-26(28)30)13-15-27(31)29(19-23-10-6-3-7-11-23)17-16-21-8-4-2-5-9-21/h2-15,18H,16-17,19-20H2,1H3,(H2,28,30)/b15-13+. The predicted octanol–water partition coefficient (Wildman–Crippen LogP) is 3.84. The highest BCUT2D eigenvalue weighted by Gasteiger charge is 2.12. The third kappa shape index (κ3) is 7.54. The Morgan fingerprint density at radius 2 is 1.58 bits per heavy atom. The zero-order valence-corrected chi connectivity index (χ0v) is 18.6. The smallest absolute Gasteiger partial charge is 0.255 e. The molecule has 6 heteroatoms. The molecule has 0 aromatic heterocycles. The van der Waals surface area contributed by atoms with Crippen LogP contribution in [0, 0.1) is 0 Å². The summed E-state index contributed by atoms with van der Waals surface area (Å²) in [6.45, 7) is 0.894. The van der Waals surface area contributed by atoms with Gasteiger partial charge in [-0.1, -0.05) is 66.7 Å². The van der Waals surface area contributed by atoms with Gasteiger partial charge in [-0.05, 0) is 41.3 Å². The second-order valence-electron chi connectivity index (χ2n) is 7.48. The molecule has 0 aliphatic rings. The number of nitrogens with two attached hydrogens (primary N) is 1.